The molecule has 0 fully saturated rings. The molecule has 5 unspecified atom stereocenters. The van der Waals surface area contributed by atoms with Crippen molar-refractivity contribution >= 4 is 33.6 Å². The summed E-state index contributed by atoms with van der Waals surface area (Å²) in [5, 5.41) is 20.8. The number of phosphoric ester groups is 2. The fourth-order valence-corrected chi connectivity index (χ4v) is 14.7. The Hall–Kier alpha value is -5.09. The molecule has 0 aliphatic heterocycles. The molecule has 0 saturated heterocycles. The second kappa shape index (κ2) is 94.1. The number of carbonyl (C=O) groups is 3. The molecule has 0 aliphatic rings. The van der Waals surface area contributed by atoms with Gasteiger partial charge in [0, 0.05) is 19.3 Å². The maximum absolute atomic E-state index is 13.1. The highest BCUT2D eigenvalue weighted by Crippen LogP contribution is 2.45. The van der Waals surface area contributed by atoms with E-state index in [9.17, 15) is 43.5 Å². The van der Waals surface area contributed by atoms with E-state index in [0.29, 0.717) is 19.3 Å². The van der Waals surface area contributed by atoms with Gasteiger partial charge in [-0.3, -0.25) is 32.5 Å². The van der Waals surface area contributed by atoms with Gasteiger partial charge in [0.25, 0.3) is 0 Å². The number of carbonyl (C=O) groups excluding carboxylic acids is 3. The molecule has 0 aromatic rings. The van der Waals surface area contributed by atoms with Crippen LogP contribution in [0.3, 0.4) is 0 Å². The Morgan fingerprint density at radius 3 is 0.694 bits per heavy atom. The van der Waals surface area contributed by atoms with Gasteiger partial charge in [0.05, 0.1) is 26.4 Å². The summed E-state index contributed by atoms with van der Waals surface area (Å²) in [6.45, 7) is 2.46. The number of aliphatic hydroxyl groups excluding tert-OH is 2. The lowest BCUT2D eigenvalue weighted by Crippen LogP contribution is -2.30. The predicted molar refractivity (Wildman–Crippen MR) is 509 cm³/mol. The first-order valence-corrected chi connectivity index (χ1v) is 51.4. The maximum Gasteiger partial charge on any atom is 0.472 e. The minimum atomic E-state index is -4.95. The summed E-state index contributed by atoms with van der Waals surface area (Å²) in [6.07, 6.45) is 123. The van der Waals surface area contributed by atoms with Crippen molar-refractivity contribution in [1.82, 2.24) is 0 Å². The third-order valence-corrected chi connectivity index (χ3v) is 22.3. The van der Waals surface area contributed by atoms with E-state index in [1.54, 1.807) is 0 Å². The molecule has 4 N–H and O–H groups in total. The van der Waals surface area contributed by atoms with E-state index in [1.807, 2.05) is 0 Å². The zero-order valence-electron chi connectivity index (χ0n) is 76.6. The quantitative estimate of drug-likeness (QED) is 0.0146. The van der Waals surface area contributed by atoms with Gasteiger partial charge in [-0.15, -0.1) is 0 Å². The summed E-state index contributed by atoms with van der Waals surface area (Å²) in [7, 11) is -9.82. The van der Waals surface area contributed by atoms with E-state index in [4.69, 9.17) is 32.3 Å². The summed E-state index contributed by atoms with van der Waals surface area (Å²) in [4.78, 5) is 59.1. The maximum atomic E-state index is 13.1. The standard InChI is InChI=1S/C103H176O16P2/c1-4-7-10-13-16-19-22-25-28-31-34-37-39-41-43-45-47-48-50-52-53-55-57-60-62-65-68-71-74-77-80-83-86-89-101(106)113-92-98(104)93-115-120(109,110)116-94-99(105)95-117-121(111,112)118-97-100(119-103(108)91-88-85-82-79-76-73-70-67-64-59-36-33-30-27-24-21-18-15-12-9-6-3)96-114-102(107)90-87-84-81-78-75-72-69-66-63-61-58-56-54-51-49-46-44-42-40-38-35-32-29-26-23-20-17-14-11-8-5-2/h7,9-10,12,16-21,25-30,34-38,41-44,59,67,70,98-100,104-105H,4-6,8,11,13-15,22-24,31-33,39-40,45-58,60-66,68-69,71-97H2,1-3H3,(H,109,110)(H,111,112)/b10-7-,12-9-,19-16-,20-17-,21-18-,28-25-,29-26-,30-27-,37-34-,38-35-,43-41-,44-42-,59-36-,70-67-. The van der Waals surface area contributed by atoms with Gasteiger partial charge < -0.3 is 34.2 Å². The van der Waals surface area contributed by atoms with E-state index in [0.717, 1.165) is 154 Å². The lowest BCUT2D eigenvalue weighted by atomic mass is 10.0. The average Bonchev–Trinajstić information content (AvgIpc) is 0.889. The number of rotatable bonds is 91. The second-order valence-corrected chi connectivity index (χ2v) is 35.0. The van der Waals surface area contributed by atoms with Crippen LogP contribution in [0.2, 0.25) is 0 Å². The third-order valence-electron chi connectivity index (χ3n) is 20.4. The smallest absolute Gasteiger partial charge is 0.463 e. The Morgan fingerprint density at radius 1 is 0.240 bits per heavy atom. The molecule has 0 heterocycles. The second-order valence-electron chi connectivity index (χ2n) is 32.1. The van der Waals surface area contributed by atoms with Crippen molar-refractivity contribution < 1.29 is 75.8 Å². The lowest BCUT2D eigenvalue weighted by Gasteiger charge is -2.21. The van der Waals surface area contributed by atoms with Gasteiger partial charge in [-0.25, -0.2) is 9.13 Å². The summed E-state index contributed by atoms with van der Waals surface area (Å²) in [6, 6.07) is 0. The predicted octanol–water partition coefficient (Wildman–Crippen LogP) is 30.2. The zero-order valence-corrected chi connectivity index (χ0v) is 78.4. The fraction of sp³-hybridized carbons (Fsp3) is 0.699. The molecule has 0 amide bonds. The molecule has 121 heavy (non-hydrogen) atoms. The normalized spacial score (nSPS) is 14.5. The molecule has 16 nitrogen and oxygen atoms in total. The van der Waals surface area contributed by atoms with Crippen LogP contribution in [0.5, 0.6) is 0 Å². The van der Waals surface area contributed by atoms with Crippen LogP contribution in [0.15, 0.2) is 170 Å². The molecular weight excluding hydrogens is 1560 g/mol. The van der Waals surface area contributed by atoms with Crippen molar-refractivity contribution in [3.63, 3.8) is 0 Å². The first-order chi connectivity index (χ1) is 59.2. The minimum absolute atomic E-state index is 0.0793. The fourth-order valence-electron chi connectivity index (χ4n) is 13.1. The van der Waals surface area contributed by atoms with Crippen LogP contribution in [0.25, 0.3) is 0 Å². The third kappa shape index (κ3) is 95.4. The van der Waals surface area contributed by atoms with Gasteiger partial charge >= 0.3 is 33.6 Å². The van der Waals surface area contributed by atoms with Gasteiger partial charge in [0.2, 0.25) is 0 Å². The summed E-state index contributed by atoms with van der Waals surface area (Å²) in [5.74, 6) is -1.59. The number of esters is 3. The van der Waals surface area contributed by atoms with Crippen LogP contribution >= 0.6 is 15.6 Å². The number of aliphatic hydroxyl groups is 2. The monoisotopic (exact) mass is 1730 g/mol. The Morgan fingerprint density at radius 2 is 0.438 bits per heavy atom. The Bertz CT molecular complexity index is 2880. The van der Waals surface area contributed by atoms with Crippen molar-refractivity contribution in [1.29, 1.82) is 0 Å². The van der Waals surface area contributed by atoms with Crippen molar-refractivity contribution in [2.75, 3.05) is 39.6 Å². The molecule has 0 bridgehead atoms. The highest BCUT2D eigenvalue weighted by Gasteiger charge is 2.30. The zero-order chi connectivity index (χ0) is 87.9. The highest BCUT2D eigenvalue weighted by atomic mass is 31.2. The van der Waals surface area contributed by atoms with E-state index in [1.165, 1.54) is 193 Å². The number of phosphoric acid groups is 2. The molecule has 0 radical (unpaired) electrons. The number of allylic oxidation sites excluding steroid dienone is 28. The highest BCUT2D eigenvalue weighted by molar-refractivity contribution is 7.47. The van der Waals surface area contributed by atoms with Crippen LogP contribution in [0, 0.1) is 0 Å². The lowest BCUT2D eigenvalue weighted by molar-refractivity contribution is -0.161. The SMILES string of the molecule is CC/C=C\C/C=C\C/C=C\C/C=C\C/C=C\CCCCCCCCCCCCCCCCCCCC(=O)OCC(O)COP(=O)(O)OCC(O)COP(=O)(O)OCC(COC(=O)CCCCCCCCCCCCCCCCC/C=C\C/C=C\C/C=C\C/C=C\CCCCC)OC(=O)CCCCCCC/C=C\C/C=C\C/C=C\C/C=C\C/C=C\CC. The van der Waals surface area contributed by atoms with Gasteiger partial charge in [-0.05, 0) is 154 Å². The number of hydrogen-bond donors (Lipinski definition) is 4. The van der Waals surface area contributed by atoms with Crippen molar-refractivity contribution in [2.45, 2.75) is 424 Å². The van der Waals surface area contributed by atoms with Crippen LogP contribution in [-0.2, 0) is 55.8 Å². The number of ether oxygens (including phenoxy) is 3. The van der Waals surface area contributed by atoms with Gasteiger partial charge in [0.15, 0.2) is 6.10 Å². The van der Waals surface area contributed by atoms with E-state index < -0.39 is 91.5 Å². The Labute approximate surface area is 739 Å². The topological polar surface area (TPSA) is 231 Å². The molecule has 694 valence electrons. The summed E-state index contributed by atoms with van der Waals surface area (Å²) in [5.41, 5.74) is 0. The van der Waals surface area contributed by atoms with Gasteiger partial charge in [-0.2, -0.15) is 0 Å². The number of unbranched alkanes of at least 4 members (excludes halogenated alkanes) is 40. The number of hydrogen-bond acceptors (Lipinski definition) is 14. The largest absolute Gasteiger partial charge is 0.472 e. The first-order valence-electron chi connectivity index (χ1n) is 48.4. The Kier molecular flexibility index (Phi) is 90.1. The molecule has 0 aliphatic carbocycles. The van der Waals surface area contributed by atoms with Crippen molar-refractivity contribution in [3.8, 4) is 0 Å². The Balaban J connectivity index is 4.56. The molecule has 0 rings (SSSR count). The summed E-state index contributed by atoms with van der Waals surface area (Å²) >= 11 is 0. The molecule has 5 atom stereocenters. The van der Waals surface area contributed by atoms with Gasteiger partial charge in [0.1, 0.15) is 25.4 Å². The molecule has 0 spiro atoms. The molecule has 18 heteroatoms. The van der Waals surface area contributed by atoms with Crippen molar-refractivity contribution in [3.05, 3.63) is 170 Å². The summed E-state index contributed by atoms with van der Waals surface area (Å²) < 4.78 is 61.5. The van der Waals surface area contributed by atoms with Crippen LogP contribution in [0.4, 0.5) is 0 Å². The average molecular weight is 1730 g/mol. The van der Waals surface area contributed by atoms with E-state index >= 15 is 0 Å². The van der Waals surface area contributed by atoms with E-state index in [-0.39, 0.29) is 19.3 Å². The van der Waals surface area contributed by atoms with Gasteiger partial charge in [-0.1, -0.05) is 403 Å². The van der Waals surface area contributed by atoms with Crippen LogP contribution < -0.4 is 0 Å². The van der Waals surface area contributed by atoms with E-state index in [2.05, 4.69) is 191 Å². The molecule has 0 aromatic heterocycles. The first kappa shape index (κ1) is 116. The molecule has 0 saturated carbocycles. The van der Waals surface area contributed by atoms with Crippen LogP contribution in [0.1, 0.15) is 406 Å². The minimum Gasteiger partial charge on any atom is -0.463 e. The van der Waals surface area contributed by atoms with Crippen molar-refractivity contribution in [2.24, 2.45) is 0 Å². The molecule has 0 aromatic carbocycles. The van der Waals surface area contributed by atoms with Crippen LogP contribution in [-0.4, -0.2) is 95.9 Å². The molecular formula is C103H176O16P2.